The Hall–Kier alpha value is -4.00. The first-order valence-corrected chi connectivity index (χ1v) is 9.73. The third-order valence-corrected chi connectivity index (χ3v) is 5.01. The van der Waals surface area contributed by atoms with Crippen LogP contribution in [0.3, 0.4) is 0 Å². The second-order valence-corrected chi connectivity index (χ2v) is 6.90. The number of benzene rings is 3. The molecule has 1 aromatic heterocycles. The molecule has 0 unspecified atom stereocenters. The fourth-order valence-corrected chi connectivity index (χ4v) is 3.56. The van der Waals surface area contributed by atoms with Gasteiger partial charge in [0.1, 0.15) is 0 Å². The summed E-state index contributed by atoms with van der Waals surface area (Å²) < 4.78 is 18.2. The molecule has 4 aromatic rings. The van der Waals surface area contributed by atoms with Crippen LogP contribution in [-0.2, 0) is 6.54 Å². The number of imidazole rings is 1. The quantitative estimate of drug-likeness (QED) is 0.484. The minimum absolute atomic E-state index is 0.303. The summed E-state index contributed by atoms with van der Waals surface area (Å²) in [7, 11) is 4.53. The number of nitrogens with zero attached hydrogens (tertiary/aromatic N) is 2. The Morgan fingerprint density at radius 2 is 1.74 bits per heavy atom. The molecule has 0 aliphatic rings. The highest BCUT2D eigenvalue weighted by Crippen LogP contribution is 2.40. The lowest BCUT2D eigenvalue weighted by Crippen LogP contribution is -2.14. The summed E-state index contributed by atoms with van der Waals surface area (Å²) in [6.07, 6.45) is 1.82. The van der Waals surface area contributed by atoms with Crippen molar-refractivity contribution in [3.8, 4) is 17.2 Å². The summed E-state index contributed by atoms with van der Waals surface area (Å²) in [5.74, 6) is 0.882. The average Bonchev–Trinajstić information content (AvgIpc) is 3.20. The molecule has 0 saturated heterocycles. The molecule has 0 atom stereocenters. The Labute approximate surface area is 180 Å². The normalized spacial score (nSPS) is 10.7. The number of carbonyl (C=O) groups excluding carboxylic acids is 1. The highest BCUT2D eigenvalue weighted by molar-refractivity contribution is 6.07. The number of aromatic nitrogens is 2. The van der Waals surface area contributed by atoms with Crippen molar-refractivity contribution in [2.45, 2.75) is 6.54 Å². The van der Waals surface area contributed by atoms with E-state index in [0.29, 0.717) is 35.0 Å². The van der Waals surface area contributed by atoms with Gasteiger partial charge in [0, 0.05) is 12.2 Å². The van der Waals surface area contributed by atoms with Crippen molar-refractivity contribution >= 4 is 22.6 Å². The maximum Gasteiger partial charge on any atom is 0.259 e. The number of hydrogen-bond acceptors (Lipinski definition) is 5. The van der Waals surface area contributed by atoms with E-state index in [1.165, 1.54) is 21.3 Å². The Morgan fingerprint density at radius 3 is 2.52 bits per heavy atom. The van der Waals surface area contributed by atoms with Crippen molar-refractivity contribution in [3.63, 3.8) is 0 Å². The fraction of sp³-hybridized carbons (Fsp3) is 0.167. The van der Waals surface area contributed by atoms with Crippen LogP contribution in [0.4, 0.5) is 5.69 Å². The maximum absolute atomic E-state index is 13.0. The summed E-state index contributed by atoms with van der Waals surface area (Å²) in [5, 5.41) is 2.94. The number of fused-ring (bicyclic) bond motifs is 1. The van der Waals surface area contributed by atoms with Crippen LogP contribution in [-0.4, -0.2) is 36.8 Å². The predicted octanol–water partition coefficient (Wildman–Crippen LogP) is 4.36. The van der Waals surface area contributed by atoms with Gasteiger partial charge >= 0.3 is 0 Å². The molecule has 4 rings (SSSR count). The van der Waals surface area contributed by atoms with Crippen LogP contribution in [0.25, 0.3) is 11.0 Å². The summed E-state index contributed by atoms with van der Waals surface area (Å²) >= 11 is 0. The lowest BCUT2D eigenvalue weighted by molar-refractivity contribution is 0.102. The third kappa shape index (κ3) is 4.02. The van der Waals surface area contributed by atoms with E-state index in [0.717, 1.165) is 16.6 Å². The Bertz CT molecular complexity index is 1230. The maximum atomic E-state index is 13.0. The SMILES string of the molecule is COc1ccc(C(=O)Nc2cccc(Cn3cnc4ccccc43)c2)c(OC)c1OC. The van der Waals surface area contributed by atoms with E-state index in [4.69, 9.17) is 14.2 Å². The standard InChI is InChI=1S/C24H23N3O4/c1-29-21-12-11-18(22(30-2)23(21)31-3)24(28)26-17-8-6-7-16(13-17)14-27-15-25-19-9-4-5-10-20(19)27/h4-13,15H,14H2,1-3H3,(H,26,28). The van der Waals surface area contributed by atoms with E-state index in [-0.39, 0.29) is 5.91 Å². The summed E-state index contributed by atoms with van der Waals surface area (Å²) in [4.78, 5) is 17.4. The van der Waals surface area contributed by atoms with Gasteiger partial charge in [-0.05, 0) is 42.0 Å². The molecule has 1 heterocycles. The van der Waals surface area contributed by atoms with Crippen molar-refractivity contribution in [2.75, 3.05) is 26.6 Å². The van der Waals surface area contributed by atoms with Gasteiger partial charge in [0.25, 0.3) is 5.91 Å². The minimum atomic E-state index is -0.303. The number of nitrogens with one attached hydrogen (secondary N) is 1. The van der Waals surface area contributed by atoms with Gasteiger partial charge in [-0.25, -0.2) is 4.98 Å². The minimum Gasteiger partial charge on any atom is -0.493 e. The van der Waals surface area contributed by atoms with Gasteiger partial charge in [-0.2, -0.15) is 0 Å². The van der Waals surface area contributed by atoms with E-state index in [1.54, 1.807) is 12.1 Å². The molecule has 7 nitrogen and oxygen atoms in total. The Morgan fingerprint density at radius 1 is 0.935 bits per heavy atom. The number of ether oxygens (including phenoxy) is 3. The van der Waals surface area contributed by atoms with Crippen molar-refractivity contribution in [2.24, 2.45) is 0 Å². The van der Waals surface area contributed by atoms with E-state index in [9.17, 15) is 4.79 Å². The molecule has 7 heteroatoms. The average molecular weight is 417 g/mol. The van der Waals surface area contributed by atoms with Gasteiger partial charge in [-0.3, -0.25) is 4.79 Å². The molecule has 1 amide bonds. The molecule has 158 valence electrons. The topological polar surface area (TPSA) is 74.6 Å². The number of rotatable bonds is 7. The summed E-state index contributed by atoms with van der Waals surface area (Å²) in [6.45, 7) is 0.643. The summed E-state index contributed by atoms with van der Waals surface area (Å²) in [5.41, 5.74) is 4.09. The van der Waals surface area contributed by atoms with E-state index < -0.39 is 0 Å². The highest BCUT2D eigenvalue weighted by atomic mass is 16.5. The molecule has 0 radical (unpaired) electrons. The van der Waals surface area contributed by atoms with Gasteiger partial charge in [0.15, 0.2) is 11.5 Å². The van der Waals surface area contributed by atoms with Crippen LogP contribution in [0.1, 0.15) is 15.9 Å². The largest absolute Gasteiger partial charge is 0.493 e. The van der Waals surface area contributed by atoms with Gasteiger partial charge in [0.2, 0.25) is 5.75 Å². The zero-order chi connectivity index (χ0) is 21.8. The first kappa shape index (κ1) is 20.3. The molecule has 0 bridgehead atoms. The van der Waals surface area contributed by atoms with Crippen LogP contribution in [0.2, 0.25) is 0 Å². The van der Waals surface area contributed by atoms with Gasteiger partial charge in [0.05, 0.1) is 44.3 Å². The zero-order valence-electron chi connectivity index (χ0n) is 17.6. The van der Waals surface area contributed by atoms with Crippen LogP contribution < -0.4 is 19.5 Å². The van der Waals surface area contributed by atoms with E-state index in [1.807, 2.05) is 54.9 Å². The van der Waals surface area contributed by atoms with Crippen molar-refractivity contribution in [1.29, 1.82) is 0 Å². The Kier molecular flexibility index (Phi) is 5.75. The van der Waals surface area contributed by atoms with Crippen molar-refractivity contribution in [1.82, 2.24) is 9.55 Å². The first-order valence-electron chi connectivity index (χ1n) is 9.73. The first-order chi connectivity index (χ1) is 15.1. The molecule has 0 aliphatic heterocycles. The predicted molar refractivity (Wildman–Crippen MR) is 119 cm³/mol. The van der Waals surface area contributed by atoms with E-state index >= 15 is 0 Å². The number of hydrogen-bond donors (Lipinski definition) is 1. The smallest absolute Gasteiger partial charge is 0.259 e. The number of carbonyl (C=O) groups is 1. The zero-order valence-corrected chi connectivity index (χ0v) is 17.6. The molecule has 1 N–H and O–H groups in total. The van der Waals surface area contributed by atoms with Gasteiger partial charge in [-0.15, -0.1) is 0 Å². The van der Waals surface area contributed by atoms with Crippen LogP contribution >= 0.6 is 0 Å². The van der Waals surface area contributed by atoms with Gasteiger partial charge in [-0.1, -0.05) is 24.3 Å². The monoisotopic (exact) mass is 417 g/mol. The van der Waals surface area contributed by atoms with Crippen molar-refractivity contribution in [3.05, 3.63) is 78.1 Å². The van der Waals surface area contributed by atoms with Gasteiger partial charge < -0.3 is 24.1 Å². The number of methoxy groups -OCH3 is 3. The molecule has 0 spiro atoms. The molecule has 0 fully saturated rings. The van der Waals surface area contributed by atoms with Crippen LogP contribution in [0, 0.1) is 0 Å². The molecule has 3 aromatic carbocycles. The third-order valence-electron chi connectivity index (χ3n) is 5.01. The van der Waals surface area contributed by atoms with Crippen molar-refractivity contribution < 1.29 is 19.0 Å². The highest BCUT2D eigenvalue weighted by Gasteiger charge is 2.20. The summed E-state index contributed by atoms with van der Waals surface area (Å²) in [6, 6.07) is 19.0. The number of anilines is 1. The van der Waals surface area contributed by atoms with E-state index in [2.05, 4.69) is 14.9 Å². The fourth-order valence-electron chi connectivity index (χ4n) is 3.56. The lowest BCUT2D eigenvalue weighted by atomic mass is 10.1. The molecule has 0 aliphatic carbocycles. The second kappa shape index (κ2) is 8.79. The van der Waals surface area contributed by atoms with Crippen LogP contribution in [0.5, 0.6) is 17.2 Å². The Balaban J connectivity index is 1.57. The number of para-hydroxylation sites is 2. The molecular weight excluding hydrogens is 394 g/mol. The molecule has 31 heavy (non-hydrogen) atoms. The number of amides is 1. The lowest BCUT2D eigenvalue weighted by Gasteiger charge is -2.15. The molecular formula is C24H23N3O4. The molecule has 0 saturated carbocycles. The van der Waals surface area contributed by atoms with Crippen LogP contribution in [0.15, 0.2) is 67.0 Å². The second-order valence-electron chi connectivity index (χ2n) is 6.90.